The molecule has 15 heavy (non-hydrogen) atoms. The molecule has 3 heteroatoms. The van der Waals surface area contributed by atoms with E-state index in [0.29, 0.717) is 6.04 Å². The van der Waals surface area contributed by atoms with Gasteiger partial charge in [0.1, 0.15) is 0 Å². The summed E-state index contributed by atoms with van der Waals surface area (Å²) in [6, 6.07) is 0.359. The lowest BCUT2D eigenvalue weighted by Crippen LogP contribution is -2.60. The monoisotopic (exact) mass is 213 g/mol. The van der Waals surface area contributed by atoms with E-state index in [1.807, 2.05) is 0 Å². The number of hydrogen-bond acceptors (Lipinski definition) is 3. The summed E-state index contributed by atoms with van der Waals surface area (Å²) < 4.78 is 5.52. The molecule has 0 radical (unpaired) electrons. The van der Waals surface area contributed by atoms with E-state index >= 15 is 0 Å². The Kier molecular flexibility index (Phi) is 3.33. The molecule has 3 nitrogen and oxygen atoms in total. The molecule has 0 aromatic carbocycles. The molecule has 2 fully saturated rings. The molecule has 1 heterocycles. The minimum Gasteiger partial charge on any atom is -0.391 e. The quantitative estimate of drug-likeness (QED) is 0.714. The topological polar surface area (TPSA) is 32.7 Å². The Morgan fingerprint density at radius 3 is 2.67 bits per heavy atom. The van der Waals surface area contributed by atoms with Crippen LogP contribution in [0.3, 0.4) is 0 Å². The van der Waals surface area contributed by atoms with Crippen molar-refractivity contribution in [2.45, 2.75) is 57.2 Å². The van der Waals surface area contributed by atoms with Gasteiger partial charge in [0.05, 0.1) is 19.3 Å². The second-order valence-corrected chi connectivity index (χ2v) is 5.48. The van der Waals surface area contributed by atoms with Crippen molar-refractivity contribution < 1.29 is 9.84 Å². The lowest BCUT2D eigenvalue weighted by atomic mass is 9.87. The molecule has 2 rings (SSSR count). The zero-order valence-electron chi connectivity index (χ0n) is 9.91. The second-order valence-electron chi connectivity index (χ2n) is 5.48. The zero-order valence-corrected chi connectivity index (χ0v) is 9.91. The summed E-state index contributed by atoms with van der Waals surface area (Å²) in [5.41, 5.74) is 0.0846. The summed E-state index contributed by atoms with van der Waals surface area (Å²) in [5.74, 6) is 0. The Hall–Kier alpha value is -0.120. The molecule has 88 valence electrons. The highest BCUT2D eigenvalue weighted by Crippen LogP contribution is 2.30. The van der Waals surface area contributed by atoms with Gasteiger partial charge in [0.15, 0.2) is 0 Å². The average Bonchev–Trinajstić information content (AvgIpc) is 2.19. The Morgan fingerprint density at radius 1 is 1.27 bits per heavy atom. The molecule has 1 aliphatic carbocycles. The van der Waals surface area contributed by atoms with E-state index in [2.05, 4.69) is 18.7 Å². The van der Waals surface area contributed by atoms with Crippen molar-refractivity contribution in [3.63, 3.8) is 0 Å². The van der Waals surface area contributed by atoms with Crippen molar-refractivity contribution >= 4 is 0 Å². The number of hydrogen-bond donors (Lipinski definition) is 1. The number of morpholine rings is 1. The molecule has 1 N–H and O–H groups in total. The van der Waals surface area contributed by atoms with Crippen LogP contribution in [0.25, 0.3) is 0 Å². The molecule has 2 unspecified atom stereocenters. The Balaban J connectivity index is 2.06. The van der Waals surface area contributed by atoms with E-state index in [0.717, 1.165) is 32.6 Å². The van der Waals surface area contributed by atoms with Gasteiger partial charge in [0.25, 0.3) is 0 Å². The summed E-state index contributed by atoms with van der Waals surface area (Å²) in [5, 5.41) is 10.1. The van der Waals surface area contributed by atoms with Crippen LogP contribution in [0.1, 0.15) is 39.5 Å². The van der Waals surface area contributed by atoms with E-state index in [-0.39, 0.29) is 11.6 Å². The highest BCUT2D eigenvalue weighted by Gasteiger charge is 2.39. The smallest absolute Gasteiger partial charge is 0.0695 e. The third kappa shape index (κ3) is 2.35. The molecule has 1 saturated carbocycles. The highest BCUT2D eigenvalue weighted by molar-refractivity contribution is 4.93. The number of rotatable bonds is 1. The van der Waals surface area contributed by atoms with E-state index in [1.165, 1.54) is 12.8 Å². The van der Waals surface area contributed by atoms with Crippen LogP contribution in [0.15, 0.2) is 0 Å². The first-order chi connectivity index (χ1) is 7.11. The van der Waals surface area contributed by atoms with Crippen molar-refractivity contribution in [3.8, 4) is 0 Å². The zero-order chi connectivity index (χ0) is 10.9. The van der Waals surface area contributed by atoms with Gasteiger partial charge in [-0.2, -0.15) is 0 Å². The molecule has 0 spiro atoms. The molecule has 1 saturated heterocycles. The van der Waals surface area contributed by atoms with Crippen LogP contribution < -0.4 is 0 Å². The normalized spacial score (nSPS) is 37.8. The first kappa shape index (κ1) is 11.4. The van der Waals surface area contributed by atoms with Gasteiger partial charge in [-0.3, -0.25) is 4.90 Å². The fourth-order valence-corrected chi connectivity index (χ4v) is 2.94. The molecule has 0 bridgehead atoms. The molecule has 0 amide bonds. The molecule has 0 aromatic heterocycles. The predicted molar refractivity (Wildman–Crippen MR) is 59.9 cm³/mol. The molecule has 1 aliphatic heterocycles. The SMILES string of the molecule is CC1(C)COCCN1C1CCCCC1O. The lowest BCUT2D eigenvalue weighted by Gasteiger charge is -2.49. The molecule has 2 atom stereocenters. The predicted octanol–water partition coefficient (Wildman–Crippen LogP) is 1.40. The standard InChI is InChI=1S/C12H23NO2/c1-12(2)9-15-8-7-13(12)10-5-3-4-6-11(10)14/h10-11,14H,3-9H2,1-2H3. The Labute approximate surface area is 92.4 Å². The first-order valence-electron chi connectivity index (χ1n) is 6.14. The molecular weight excluding hydrogens is 190 g/mol. The average molecular weight is 213 g/mol. The summed E-state index contributed by atoms with van der Waals surface area (Å²) in [7, 11) is 0. The maximum atomic E-state index is 10.1. The fraction of sp³-hybridized carbons (Fsp3) is 1.00. The number of aliphatic hydroxyl groups is 1. The summed E-state index contributed by atoms with van der Waals surface area (Å²) in [4.78, 5) is 2.46. The number of nitrogens with zero attached hydrogens (tertiary/aromatic N) is 1. The minimum atomic E-state index is -0.129. The Morgan fingerprint density at radius 2 is 2.00 bits per heavy atom. The van der Waals surface area contributed by atoms with E-state index in [9.17, 15) is 5.11 Å². The largest absolute Gasteiger partial charge is 0.391 e. The van der Waals surface area contributed by atoms with Gasteiger partial charge in [-0.25, -0.2) is 0 Å². The highest BCUT2D eigenvalue weighted by atomic mass is 16.5. The first-order valence-corrected chi connectivity index (χ1v) is 6.14. The van der Waals surface area contributed by atoms with Gasteiger partial charge in [0.2, 0.25) is 0 Å². The number of aliphatic hydroxyl groups excluding tert-OH is 1. The molecule has 0 aromatic rings. The van der Waals surface area contributed by atoms with E-state index in [1.54, 1.807) is 0 Å². The summed E-state index contributed by atoms with van der Waals surface area (Å²) in [6.45, 7) is 7.00. The van der Waals surface area contributed by atoms with Crippen LogP contribution in [0.5, 0.6) is 0 Å². The van der Waals surface area contributed by atoms with Crippen LogP contribution in [0, 0.1) is 0 Å². The second kappa shape index (κ2) is 4.40. The maximum absolute atomic E-state index is 10.1. The third-order valence-electron chi connectivity index (χ3n) is 3.80. The van der Waals surface area contributed by atoms with Gasteiger partial charge >= 0.3 is 0 Å². The van der Waals surface area contributed by atoms with Crippen molar-refractivity contribution in [2.24, 2.45) is 0 Å². The van der Waals surface area contributed by atoms with E-state index < -0.39 is 0 Å². The third-order valence-corrected chi connectivity index (χ3v) is 3.80. The van der Waals surface area contributed by atoms with Gasteiger partial charge in [-0.1, -0.05) is 12.8 Å². The van der Waals surface area contributed by atoms with Crippen LogP contribution >= 0.6 is 0 Å². The maximum Gasteiger partial charge on any atom is 0.0695 e. The van der Waals surface area contributed by atoms with E-state index in [4.69, 9.17) is 4.74 Å². The number of ether oxygens (including phenoxy) is 1. The summed E-state index contributed by atoms with van der Waals surface area (Å²) in [6.07, 6.45) is 4.43. The minimum absolute atomic E-state index is 0.0846. The van der Waals surface area contributed by atoms with Crippen LogP contribution in [0.4, 0.5) is 0 Å². The molecular formula is C12H23NO2. The lowest BCUT2D eigenvalue weighted by molar-refractivity contribution is -0.105. The van der Waals surface area contributed by atoms with Crippen LogP contribution in [-0.2, 0) is 4.74 Å². The van der Waals surface area contributed by atoms with Crippen molar-refractivity contribution in [1.82, 2.24) is 4.90 Å². The summed E-state index contributed by atoms with van der Waals surface area (Å²) >= 11 is 0. The van der Waals surface area contributed by atoms with Crippen molar-refractivity contribution in [2.75, 3.05) is 19.8 Å². The van der Waals surface area contributed by atoms with Gasteiger partial charge < -0.3 is 9.84 Å². The van der Waals surface area contributed by atoms with Crippen LogP contribution in [-0.4, -0.2) is 47.4 Å². The van der Waals surface area contributed by atoms with Crippen molar-refractivity contribution in [1.29, 1.82) is 0 Å². The van der Waals surface area contributed by atoms with Crippen molar-refractivity contribution in [3.05, 3.63) is 0 Å². The fourth-order valence-electron chi connectivity index (χ4n) is 2.94. The van der Waals surface area contributed by atoms with Gasteiger partial charge in [0, 0.05) is 18.1 Å². The van der Waals surface area contributed by atoms with Crippen LogP contribution in [0.2, 0.25) is 0 Å². The molecule has 2 aliphatic rings. The van der Waals surface area contributed by atoms with Gasteiger partial charge in [-0.05, 0) is 26.7 Å². The van der Waals surface area contributed by atoms with Gasteiger partial charge in [-0.15, -0.1) is 0 Å². The Bertz CT molecular complexity index is 218.